The van der Waals surface area contributed by atoms with Gasteiger partial charge in [-0.05, 0) is 35.4 Å². The van der Waals surface area contributed by atoms with E-state index in [4.69, 9.17) is 17.0 Å². The van der Waals surface area contributed by atoms with Crippen LogP contribution >= 0.6 is 17.0 Å². The summed E-state index contributed by atoms with van der Waals surface area (Å²) in [5.74, 6) is 0. The van der Waals surface area contributed by atoms with Gasteiger partial charge in [0.15, 0.2) is 0 Å². The fourth-order valence-electron chi connectivity index (χ4n) is 4.70. The van der Waals surface area contributed by atoms with Crippen molar-refractivity contribution in [2.75, 3.05) is 0 Å². The van der Waals surface area contributed by atoms with Crippen molar-refractivity contribution in [2.24, 2.45) is 14.1 Å². The molecule has 6 heteroatoms. The topological polar surface area (TPSA) is 9.86 Å². The Balaban J connectivity index is 0.000000175. The van der Waals surface area contributed by atoms with Crippen LogP contribution in [0, 0.1) is 13.8 Å². The maximum absolute atomic E-state index is 4.93. The molecule has 0 saturated carbocycles. The summed E-state index contributed by atoms with van der Waals surface area (Å²) >= 11 is -0.826. The average Bonchev–Trinajstić information content (AvgIpc) is 3.66. The molecule has 2 nitrogen and oxygen atoms in total. The Morgan fingerprint density at radius 3 is 1.34 bits per heavy atom. The van der Waals surface area contributed by atoms with E-state index in [2.05, 4.69) is 147 Å². The molecule has 6 aromatic rings. The van der Waals surface area contributed by atoms with E-state index in [0.29, 0.717) is 0 Å². The number of hydrogen-bond donors (Lipinski definition) is 0. The van der Waals surface area contributed by atoms with Crippen LogP contribution < -0.4 is 0 Å². The van der Waals surface area contributed by atoms with Gasteiger partial charge in [-0.3, -0.25) is 0 Å². The number of rotatable bonds is 2. The van der Waals surface area contributed by atoms with Gasteiger partial charge in [-0.25, -0.2) is 0 Å². The second kappa shape index (κ2) is 14.9. The Morgan fingerprint density at radius 2 is 1.03 bits per heavy atom. The van der Waals surface area contributed by atoms with Gasteiger partial charge in [-0.2, -0.15) is 12.1 Å². The van der Waals surface area contributed by atoms with Crippen LogP contribution in [0.1, 0.15) is 11.1 Å². The molecule has 2 radical (unpaired) electrons. The minimum atomic E-state index is -0.826. The molecule has 4 aromatic carbocycles. The molecule has 0 amide bonds. The first-order valence-corrected chi connectivity index (χ1v) is 20.8. The third-order valence-electron chi connectivity index (χ3n) is 6.23. The molecule has 0 unspecified atom stereocenters. The molecule has 0 aliphatic heterocycles. The summed E-state index contributed by atoms with van der Waals surface area (Å²) in [4.78, 5) is 0. The van der Waals surface area contributed by atoms with Crippen molar-refractivity contribution in [3.05, 3.63) is 108 Å². The predicted molar refractivity (Wildman–Crippen MR) is 167 cm³/mol. The second-order valence-electron chi connectivity index (χ2n) is 9.26. The fourth-order valence-corrected chi connectivity index (χ4v) is 4.70. The molecule has 0 saturated heterocycles. The Bertz CT molecular complexity index is 1450. The van der Waals surface area contributed by atoms with Gasteiger partial charge in [-0.15, -0.1) is 69.1 Å². The zero-order valence-corrected chi connectivity index (χ0v) is 27.9. The van der Waals surface area contributed by atoms with Gasteiger partial charge < -0.3 is 9.13 Å². The zero-order chi connectivity index (χ0) is 27.7. The monoisotopic (exact) mass is 634 g/mol. The standard InChI is InChI=1S/2C15H14N.C2H6Si.2ClH.Zr/c2*1-11-9-12-5-3-6-13(14(12)10-11)15-7-4-8-16(15)2;1-3-2;;;/h2*3-10H,1-2H3;1-2H3;2*1H;/q2*-1;;;;+4/p-2. The van der Waals surface area contributed by atoms with Crippen molar-refractivity contribution in [3.63, 3.8) is 0 Å². The van der Waals surface area contributed by atoms with E-state index in [9.17, 15) is 0 Å². The zero-order valence-electron chi connectivity index (χ0n) is 22.9. The van der Waals surface area contributed by atoms with Gasteiger partial charge in [0.05, 0.1) is 0 Å². The van der Waals surface area contributed by atoms with E-state index >= 15 is 0 Å². The molecule has 194 valence electrons. The van der Waals surface area contributed by atoms with Gasteiger partial charge >= 0.3 is 37.9 Å². The number of aromatic nitrogens is 2. The van der Waals surface area contributed by atoms with E-state index in [1.54, 1.807) is 0 Å². The van der Waals surface area contributed by atoms with Crippen LogP contribution in [-0.4, -0.2) is 18.7 Å². The summed E-state index contributed by atoms with van der Waals surface area (Å²) in [6.07, 6.45) is 4.17. The molecular formula is C32H34Cl2N2SiZr. The van der Waals surface area contributed by atoms with Crippen molar-refractivity contribution in [1.29, 1.82) is 0 Å². The van der Waals surface area contributed by atoms with E-state index in [0.717, 1.165) is 9.52 Å². The third-order valence-corrected chi connectivity index (χ3v) is 6.23. The molecule has 38 heavy (non-hydrogen) atoms. The van der Waals surface area contributed by atoms with Gasteiger partial charge in [0.1, 0.15) is 0 Å². The van der Waals surface area contributed by atoms with Crippen LogP contribution in [-0.2, 0) is 34.9 Å². The third kappa shape index (κ3) is 7.51. The molecule has 0 aliphatic rings. The number of halogens is 2. The van der Waals surface area contributed by atoms with Crippen LogP contribution in [0.3, 0.4) is 0 Å². The first-order chi connectivity index (χ1) is 18.3. The molecule has 0 spiro atoms. The molecule has 0 aliphatic carbocycles. The predicted octanol–water partition coefficient (Wildman–Crippen LogP) is 9.91. The SMILES string of the molecule is C[Si]C.Cc1cc2c(-c3cccn3C)cccc2[cH-]1.Cc1cc2c(-c3cccn3C)cccc2[cH-]1.[Cl][Zr+2][Cl]. The van der Waals surface area contributed by atoms with Gasteiger partial charge in [0.2, 0.25) is 0 Å². The van der Waals surface area contributed by atoms with Crippen LogP contribution in [0.5, 0.6) is 0 Å². The fraction of sp³-hybridized carbons (Fsp3) is 0.188. The Morgan fingerprint density at radius 1 is 0.658 bits per heavy atom. The molecule has 0 atom stereocenters. The number of fused-ring (bicyclic) bond motifs is 2. The van der Waals surface area contributed by atoms with E-state index in [1.807, 2.05) is 0 Å². The molecule has 0 N–H and O–H groups in total. The van der Waals surface area contributed by atoms with Gasteiger partial charge in [-0.1, -0.05) is 39.1 Å². The van der Waals surface area contributed by atoms with E-state index in [-0.39, 0.29) is 0 Å². The quantitative estimate of drug-likeness (QED) is 0.132. The van der Waals surface area contributed by atoms with Crippen molar-refractivity contribution < 1.29 is 20.8 Å². The number of hydrogen-bond acceptors (Lipinski definition) is 0. The van der Waals surface area contributed by atoms with Crippen molar-refractivity contribution in [3.8, 4) is 22.5 Å². The van der Waals surface area contributed by atoms with Crippen LogP contribution in [0.2, 0.25) is 13.1 Å². The summed E-state index contributed by atoms with van der Waals surface area (Å²) in [5, 5.41) is 5.36. The van der Waals surface area contributed by atoms with Crippen molar-refractivity contribution >= 4 is 48.1 Å². The first kappa shape index (κ1) is 30.4. The maximum atomic E-state index is 4.93. The molecule has 2 heterocycles. The Hall–Kier alpha value is -2.10. The number of benzene rings is 2. The summed E-state index contributed by atoms with van der Waals surface area (Å²) in [6.45, 7) is 8.60. The van der Waals surface area contributed by atoms with E-state index < -0.39 is 20.8 Å². The summed E-state index contributed by atoms with van der Waals surface area (Å²) in [5.41, 5.74) is 7.84. The van der Waals surface area contributed by atoms with Crippen molar-refractivity contribution in [2.45, 2.75) is 26.9 Å². The minimum absolute atomic E-state index is 0.826. The molecule has 6 rings (SSSR count). The number of aryl methyl sites for hydroxylation is 4. The van der Waals surface area contributed by atoms with E-state index in [1.165, 1.54) is 55.2 Å². The normalized spacial score (nSPS) is 10.1. The average molecular weight is 637 g/mol. The Kier molecular flexibility index (Phi) is 11.9. The Labute approximate surface area is 248 Å². The first-order valence-electron chi connectivity index (χ1n) is 12.4. The summed E-state index contributed by atoms with van der Waals surface area (Å²) < 4.78 is 4.33. The van der Waals surface area contributed by atoms with Gasteiger partial charge in [0.25, 0.3) is 0 Å². The van der Waals surface area contributed by atoms with Crippen LogP contribution in [0.25, 0.3) is 44.1 Å². The summed E-state index contributed by atoms with van der Waals surface area (Å²) in [6, 6.07) is 30.5. The van der Waals surface area contributed by atoms with Gasteiger partial charge in [0, 0.05) is 47.4 Å². The molecule has 0 fully saturated rings. The van der Waals surface area contributed by atoms with Crippen LogP contribution in [0.15, 0.2) is 97.3 Å². The summed E-state index contributed by atoms with van der Waals surface area (Å²) in [7, 11) is 15.1. The van der Waals surface area contributed by atoms with Crippen LogP contribution in [0.4, 0.5) is 0 Å². The number of nitrogens with zero attached hydrogens (tertiary/aromatic N) is 2. The molecular weight excluding hydrogens is 603 g/mol. The van der Waals surface area contributed by atoms with Crippen molar-refractivity contribution in [1.82, 2.24) is 9.13 Å². The molecule has 2 aromatic heterocycles. The second-order valence-corrected chi connectivity index (χ2v) is 14.0. The molecule has 0 bridgehead atoms.